The van der Waals surface area contributed by atoms with E-state index in [4.69, 9.17) is 16.9 Å². The lowest BCUT2D eigenvalue weighted by Crippen LogP contribution is -2.34. The van der Waals surface area contributed by atoms with Gasteiger partial charge in [0.15, 0.2) is 0 Å². The molecule has 0 aromatic carbocycles. The highest BCUT2D eigenvalue weighted by Gasteiger charge is 2.30. The third-order valence-corrected chi connectivity index (χ3v) is 3.43. The Morgan fingerprint density at radius 2 is 2.47 bits per heavy atom. The van der Waals surface area contributed by atoms with Gasteiger partial charge in [0, 0.05) is 17.2 Å². The van der Waals surface area contributed by atoms with Gasteiger partial charge in [0.05, 0.1) is 11.6 Å². The maximum atomic E-state index is 12.2. The van der Waals surface area contributed by atoms with Crippen molar-refractivity contribution in [2.24, 2.45) is 0 Å². The summed E-state index contributed by atoms with van der Waals surface area (Å²) in [7, 11) is 0. The van der Waals surface area contributed by atoms with Gasteiger partial charge in [0.2, 0.25) is 0 Å². The van der Waals surface area contributed by atoms with Crippen LogP contribution in [0.4, 0.5) is 0 Å². The minimum Gasteiger partial charge on any atom is -0.323 e. The van der Waals surface area contributed by atoms with Gasteiger partial charge in [-0.25, -0.2) is 4.98 Å². The van der Waals surface area contributed by atoms with Crippen LogP contribution in [-0.2, 0) is 0 Å². The van der Waals surface area contributed by atoms with Crippen LogP contribution in [0.5, 0.6) is 0 Å². The molecule has 0 aliphatic carbocycles. The lowest BCUT2D eigenvalue weighted by atomic mass is 10.2. The van der Waals surface area contributed by atoms with Crippen molar-refractivity contribution >= 4 is 33.4 Å². The fourth-order valence-corrected chi connectivity index (χ4v) is 2.39. The predicted molar refractivity (Wildman–Crippen MR) is 66.6 cm³/mol. The van der Waals surface area contributed by atoms with Crippen LogP contribution in [0.25, 0.3) is 0 Å². The van der Waals surface area contributed by atoms with E-state index in [0.29, 0.717) is 16.6 Å². The lowest BCUT2D eigenvalue weighted by Gasteiger charge is -2.19. The Hall–Kier alpha value is -1.12. The summed E-state index contributed by atoms with van der Waals surface area (Å²) < 4.78 is 0.693. The SMILES string of the molecule is N#CC1CCCN1C(=O)c1cc(Br)cnc1Cl. The van der Waals surface area contributed by atoms with E-state index < -0.39 is 0 Å². The first-order valence-corrected chi connectivity index (χ1v) is 6.32. The highest BCUT2D eigenvalue weighted by molar-refractivity contribution is 9.10. The zero-order valence-corrected chi connectivity index (χ0v) is 11.2. The minimum absolute atomic E-state index is 0.168. The van der Waals surface area contributed by atoms with Crippen LogP contribution in [0, 0.1) is 11.3 Å². The Bertz CT molecular complexity index is 500. The summed E-state index contributed by atoms with van der Waals surface area (Å²) in [4.78, 5) is 17.7. The van der Waals surface area contributed by atoms with Crippen LogP contribution < -0.4 is 0 Å². The number of halogens is 2. The standard InChI is InChI=1S/C11H9BrClN3O/c12-7-4-9(10(13)15-6-7)11(17)16-3-1-2-8(16)5-14/h4,6,8H,1-3H2. The Morgan fingerprint density at radius 1 is 1.71 bits per heavy atom. The number of hydrogen-bond acceptors (Lipinski definition) is 3. The highest BCUT2D eigenvalue weighted by atomic mass is 79.9. The molecule has 0 saturated carbocycles. The molecule has 1 aromatic rings. The fraction of sp³-hybridized carbons (Fsp3) is 0.364. The average Bonchev–Trinajstić information content (AvgIpc) is 2.79. The maximum absolute atomic E-state index is 12.2. The molecule has 0 N–H and O–H groups in total. The normalized spacial score (nSPS) is 19.1. The zero-order valence-electron chi connectivity index (χ0n) is 8.86. The molecule has 4 nitrogen and oxygen atoms in total. The van der Waals surface area contributed by atoms with E-state index in [1.54, 1.807) is 11.0 Å². The molecule has 1 aromatic heterocycles. The van der Waals surface area contributed by atoms with Gasteiger partial charge in [-0.05, 0) is 34.8 Å². The van der Waals surface area contributed by atoms with Gasteiger partial charge in [-0.15, -0.1) is 0 Å². The fourth-order valence-electron chi connectivity index (χ4n) is 1.87. The molecule has 1 saturated heterocycles. The van der Waals surface area contributed by atoms with Crippen LogP contribution in [0.1, 0.15) is 23.2 Å². The molecule has 1 amide bonds. The van der Waals surface area contributed by atoms with E-state index in [-0.39, 0.29) is 17.1 Å². The van der Waals surface area contributed by atoms with Crippen molar-refractivity contribution in [2.75, 3.05) is 6.54 Å². The summed E-state index contributed by atoms with van der Waals surface area (Å²) in [5, 5.41) is 9.12. The summed E-state index contributed by atoms with van der Waals surface area (Å²) in [5.74, 6) is -0.229. The second-order valence-corrected chi connectivity index (χ2v) is 5.05. The lowest BCUT2D eigenvalue weighted by molar-refractivity contribution is 0.0764. The molecular formula is C11H9BrClN3O. The van der Waals surface area contributed by atoms with Crippen molar-refractivity contribution < 1.29 is 4.79 Å². The summed E-state index contributed by atoms with van der Waals surface area (Å²) in [6, 6.07) is 3.41. The Labute approximate surface area is 112 Å². The van der Waals surface area contributed by atoms with E-state index in [1.807, 2.05) is 0 Å². The third-order valence-electron chi connectivity index (χ3n) is 2.70. The molecule has 17 heavy (non-hydrogen) atoms. The van der Waals surface area contributed by atoms with Crippen LogP contribution in [-0.4, -0.2) is 28.4 Å². The average molecular weight is 315 g/mol. The van der Waals surface area contributed by atoms with Crippen molar-refractivity contribution in [2.45, 2.75) is 18.9 Å². The zero-order chi connectivity index (χ0) is 12.4. The second-order valence-electron chi connectivity index (χ2n) is 3.78. The molecule has 1 atom stereocenters. The van der Waals surface area contributed by atoms with Crippen LogP contribution in [0.3, 0.4) is 0 Å². The molecule has 2 heterocycles. The molecule has 0 bridgehead atoms. The highest BCUT2D eigenvalue weighted by Crippen LogP contribution is 2.24. The first-order valence-electron chi connectivity index (χ1n) is 5.15. The predicted octanol–water partition coefficient (Wildman–Crippen LogP) is 2.63. The molecule has 0 spiro atoms. The summed E-state index contributed by atoms with van der Waals surface area (Å²) >= 11 is 9.15. The number of likely N-dealkylation sites (tertiary alicyclic amines) is 1. The number of nitrogens with zero attached hydrogens (tertiary/aromatic N) is 3. The molecule has 0 radical (unpaired) electrons. The van der Waals surface area contributed by atoms with Gasteiger partial charge in [-0.2, -0.15) is 5.26 Å². The van der Waals surface area contributed by atoms with E-state index in [9.17, 15) is 4.79 Å². The number of carbonyl (C=O) groups excluding carboxylic acids is 1. The van der Waals surface area contributed by atoms with Gasteiger partial charge in [-0.1, -0.05) is 11.6 Å². The van der Waals surface area contributed by atoms with Crippen molar-refractivity contribution in [3.63, 3.8) is 0 Å². The van der Waals surface area contributed by atoms with Crippen LogP contribution >= 0.6 is 27.5 Å². The largest absolute Gasteiger partial charge is 0.323 e. The minimum atomic E-state index is -0.349. The van der Waals surface area contributed by atoms with Gasteiger partial charge in [-0.3, -0.25) is 4.79 Å². The van der Waals surface area contributed by atoms with Gasteiger partial charge >= 0.3 is 0 Å². The number of carbonyl (C=O) groups is 1. The van der Waals surface area contributed by atoms with Crippen molar-refractivity contribution in [3.8, 4) is 6.07 Å². The number of rotatable bonds is 1. The number of nitriles is 1. The summed E-state index contributed by atoms with van der Waals surface area (Å²) in [6.45, 7) is 0.597. The topological polar surface area (TPSA) is 57.0 Å². The van der Waals surface area contributed by atoms with Crippen molar-refractivity contribution in [1.29, 1.82) is 5.26 Å². The summed E-state index contributed by atoms with van der Waals surface area (Å²) in [6.07, 6.45) is 3.11. The quantitative estimate of drug-likeness (QED) is 0.749. The van der Waals surface area contributed by atoms with E-state index >= 15 is 0 Å². The Balaban J connectivity index is 2.31. The molecule has 88 valence electrons. The van der Waals surface area contributed by atoms with Gasteiger partial charge in [0.1, 0.15) is 11.2 Å². The maximum Gasteiger partial charge on any atom is 0.258 e. The number of amides is 1. The number of aromatic nitrogens is 1. The molecule has 1 fully saturated rings. The van der Waals surface area contributed by atoms with E-state index in [0.717, 1.165) is 12.8 Å². The molecular weight excluding hydrogens is 305 g/mol. The van der Waals surface area contributed by atoms with Crippen molar-refractivity contribution in [3.05, 3.63) is 27.5 Å². The molecule has 1 aliphatic heterocycles. The Kier molecular flexibility index (Phi) is 3.65. The number of pyridine rings is 1. The monoisotopic (exact) mass is 313 g/mol. The van der Waals surface area contributed by atoms with E-state index in [1.165, 1.54) is 6.20 Å². The molecule has 1 unspecified atom stereocenters. The molecule has 2 rings (SSSR count). The second kappa shape index (κ2) is 5.03. The molecule has 1 aliphatic rings. The first-order chi connectivity index (χ1) is 8.13. The van der Waals surface area contributed by atoms with Gasteiger partial charge < -0.3 is 4.90 Å². The summed E-state index contributed by atoms with van der Waals surface area (Å²) in [5.41, 5.74) is 0.336. The number of hydrogen-bond donors (Lipinski definition) is 0. The Morgan fingerprint density at radius 3 is 3.18 bits per heavy atom. The first kappa shape index (κ1) is 12.3. The third kappa shape index (κ3) is 2.43. The van der Waals surface area contributed by atoms with Gasteiger partial charge in [0.25, 0.3) is 5.91 Å². The molecule has 6 heteroatoms. The van der Waals surface area contributed by atoms with Crippen molar-refractivity contribution in [1.82, 2.24) is 9.88 Å². The van der Waals surface area contributed by atoms with E-state index in [2.05, 4.69) is 27.0 Å². The van der Waals surface area contributed by atoms with Crippen LogP contribution in [0.15, 0.2) is 16.7 Å². The smallest absolute Gasteiger partial charge is 0.258 e. The van der Waals surface area contributed by atoms with Crippen LogP contribution in [0.2, 0.25) is 5.15 Å².